The van der Waals surface area contributed by atoms with Gasteiger partial charge in [-0.15, -0.1) is 5.10 Å². The molecule has 1 saturated carbocycles. The van der Waals surface area contributed by atoms with Crippen LogP contribution in [-0.2, 0) is 17.3 Å². The fraction of sp³-hybridized carbons (Fsp3) is 0.667. The molecule has 0 aliphatic heterocycles. The number of carbonyl (C=O) groups excluding carboxylic acids is 1. The average molecular weight is 258 g/mol. The number of ketones is 1. The van der Waals surface area contributed by atoms with Crippen LogP contribution in [0.25, 0.3) is 0 Å². The Morgan fingerprint density at radius 2 is 2.29 bits per heavy atom. The van der Waals surface area contributed by atoms with E-state index >= 15 is 0 Å². The van der Waals surface area contributed by atoms with Gasteiger partial charge in [0, 0.05) is 25.3 Å². The molecule has 0 N–H and O–H groups in total. The Hall–Kier alpha value is -0.710. The first-order valence-corrected chi connectivity index (χ1v) is 5.39. The normalized spacial score (nSPS) is 27.2. The van der Waals surface area contributed by atoms with Crippen molar-refractivity contribution in [3.63, 3.8) is 0 Å². The van der Waals surface area contributed by atoms with E-state index in [0.717, 1.165) is 16.7 Å². The molecule has 2 rings (SSSR count). The van der Waals surface area contributed by atoms with Crippen LogP contribution in [-0.4, -0.2) is 20.8 Å². The summed E-state index contributed by atoms with van der Waals surface area (Å²) in [7, 11) is 1.86. The first-order valence-electron chi connectivity index (χ1n) is 4.60. The molecule has 1 fully saturated rings. The lowest BCUT2D eigenvalue weighted by molar-refractivity contribution is -0.117. The molecule has 1 atom stereocenters. The molecule has 5 heteroatoms. The number of halogens is 1. The van der Waals surface area contributed by atoms with Gasteiger partial charge in [-0.2, -0.15) is 0 Å². The van der Waals surface area contributed by atoms with E-state index in [0.29, 0.717) is 18.6 Å². The highest BCUT2D eigenvalue weighted by Gasteiger charge is 2.39. The number of carbonyl (C=O) groups is 1. The van der Waals surface area contributed by atoms with Gasteiger partial charge in [-0.1, -0.05) is 12.1 Å². The third kappa shape index (κ3) is 1.39. The van der Waals surface area contributed by atoms with Crippen LogP contribution in [0, 0.1) is 0 Å². The Morgan fingerprint density at radius 3 is 2.71 bits per heavy atom. The predicted octanol–water partition coefficient (Wildman–Crippen LogP) is 1.59. The number of aryl methyl sites for hydroxylation is 1. The number of Topliss-reactive ketones (excluding diaryl/α,β-unsaturated/α-hetero) is 1. The molecule has 1 unspecified atom stereocenters. The maximum absolute atomic E-state index is 11.3. The SMILES string of the molecule is Cn1nnc(Br)c1C1(C)CCC(=O)C1. The minimum absolute atomic E-state index is 0.0891. The maximum Gasteiger partial charge on any atom is 0.152 e. The van der Waals surface area contributed by atoms with Gasteiger partial charge in [0.25, 0.3) is 0 Å². The Balaban J connectivity index is 2.44. The van der Waals surface area contributed by atoms with E-state index in [4.69, 9.17) is 0 Å². The molecule has 1 aliphatic carbocycles. The van der Waals surface area contributed by atoms with E-state index in [1.165, 1.54) is 0 Å². The number of nitrogens with zero attached hydrogens (tertiary/aromatic N) is 3. The molecule has 1 heterocycles. The van der Waals surface area contributed by atoms with Crippen LogP contribution in [0.4, 0.5) is 0 Å². The summed E-state index contributed by atoms with van der Waals surface area (Å²) >= 11 is 3.38. The van der Waals surface area contributed by atoms with E-state index in [1.807, 2.05) is 7.05 Å². The second-order valence-corrected chi connectivity index (χ2v) is 4.88. The van der Waals surface area contributed by atoms with Crippen LogP contribution >= 0.6 is 15.9 Å². The highest BCUT2D eigenvalue weighted by atomic mass is 79.9. The smallest absolute Gasteiger partial charge is 0.152 e. The molecule has 0 amide bonds. The van der Waals surface area contributed by atoms with Gasteiger partial charge >= 0.3 is 0 Å². The standard InChI is InChI=1S/C9H12BrN3O/c1-9(4-3-6(14)5-9)7-8(10)11-12-13(7)2/h3-5H2,1-2H3. The lowest BCUT2D eigenvalue weighted by Gasteiger charge is -2.22. The number of rotatable bonds is 1. The summed E-state index contributed by atoms with van der Waals surface area (Å²) in [5, 5.41) is 7.89. The van der Waals surface area contributed by atoms with Crippen LogP contribution in [0.1, 0.15) is 31.9 Å². The van der Waals surface area contributed by atoms with Crippen LogP contribution in [0.15, 0.2) is 4.60 Å². The molecule has 0 radical (unpaired) electrons. The van der Waals surface area contributed by atoms with Crippen molar-refractivity contribution in [1.29, 1.82) is 0 Å². The monoisotopic (exact) mass is 257 g/mol. The first kappa shape index (κ1) is 9.83. The predicted molar refractivity (Wildman–Crippen MR) is 54.9 cm³/mol. The van der Waals surface area contributed by atoms with E-state index in [1.54, 1.807) is 4.68 Å². The van der Waals surface area contributed by atoms with Crippen molar-refractivity contribution >= 4 is 21.7 Å². The van der Waals surface area contributed by atoms with Gasteiger partial charge in [0.05, 0.1) is 5.69 Å². The third-order valence-corrected chi connectivity index (χ3v) is 3.43. The molecule has 1 aliphatic rings. The molecular formula is C9H12BrN3O. The molecular weight excluding hydrogens is 246 g/mol. The molecule has 76 valence electrons. The van der Waals surface area contributed by atoms with Crippen LogP contribution < -0.4 is 0 Å². The molecule has 1 aromatic rings. The van der Waals surface area contributed by atoms with Gasteiger partial charge < -0.3 is 0 Å². The van der Waals surface area contributed by atoms with Crippen molar-refractivity contribution in [3.8, 4) is 0 Å². The van der Waals surface area contributed by atoms with E-state index in [2.05, 4.69) is 33.2 Å². The zero-order valence-corrected chi connectivity index (χ0v) is 9.84. The van der Waals surface area contributed by atoms with Crippen LogP contribution in [0.5, 0.6) is 0 Å². The zero-order valence-electron chi connectivity index (χ0n) is 8.25. The minimum atomic E-state index is -0.0891. The summed E-state index contributed by atoms with van der Waals surface area (Å²) in [6.07, 6.45) is 2.17. The summed E-state index contributed by atoms with van der Waals surface area (Å²) in [5.74, 6) is 0.334. The van der Waals surface area contributed by atoms with E-state index < -0.39 is 0 Å². The Morgan fingerprint density at radius 1 is 1.57 bits per heavy atom. The third-order valence-electron chi connectivity index (χ3n) is 2.90. The van der Waals surface area contributed by atoms with Gasteiger partial charge in [-0.3, -0.25) is 9.48 Å². The lowest BCUT2D eigenvalue weighted by Crippen LogP contribution is -2.22. The maximum atomic E-state index is 11.3. The van der Waals surface area contributed by atoms with Gasteiger partial charge in [-0.25, -0.2) is 0 Å². The fourth-order valence-electron chi connectivity index (χ4n) is 2.20. The second kappa shape index (κ2) is 3.15. The van der Waals surface area contributed by atoms with Crippen molar-refractivity contribution in [1.82, 2.24) is 15.0 Å². The van der Waals surface area contributed by atoms with Gasteiger partial charge in [0.1, 0.15) is 5.78 Å². The minimum Gasteiger partial charge on any atom is -0.300 e. The highest BCUT2D eigenvalue weighted by molar-refractivity contribution is 9.10. The van der Waals surface area contributed by atoms with Crippen molar-refractivity contribution < 1.29 is 4.79 Å². The quantitative estimate of drug-likeness (QED) is 0.768. The molecule has 0 bridgehead atoms. The van der Waals surface area contributed by atoms with Crippen LogP contribution in [0.2, 0.25) is 0 Å². The fourth-order valence-corrected chi connectivity index (χ4v) is 3.01. The summed E-state index contributed by atoms with van der Waals surface area (Å²) in [6, 6.07) is 0. The Labute approximate surface area is 90.8 Å². The van der Waals surface area contributed by atoms with E-state index in [-0.39, 0.29) is 5.41 Å². The second-order valence-electron chi connectivity index (χ2n) is 4.13. The van der Waals surface area contributed by atoms with Crippen molar-refractivity contribution in [2.75, 3.05) is 0 Å². The molecule has 0 saturated heterocycles. The van der Waals surface area contributed by atoms with Gasteiger partial charge in [-0.05, 0) is 22.4 Å². The van der Waals surface area contributed by atoms with Crippen LogP contribution in [0.3, 0.4) is 0 Å². The summed E-state index contributed by atoms with van der Waals surface area (Å²) < 4.78 is 2.51. The molecule has 0 spiro atoms. The Bertz CT molecular complexity index is 368. The summed E-state index contributed by atoms with van der Waals surface area (Å²) in [4.78, 5) is 11.3. The molecule has 14 heavy (non-hydrogen) atoms. The highest BCUT2D eigenvalue weighted by Crippen LogP contribution is 2.40. The Kier molecular flexibility index (Phi) is 2.21. The largest absolute Gasteiger partial charge is 0.300 e. The van der Waals surface area contributed by atoms with Crippen molar-refractivity contribution in [3.05, 3.63) is 10.3 Å². The van der Waals surface area contributed by atoms with Crippen molar-refractivity contribution in [2.24, 2.45) is 7.05 Å². The van der Waals surface area contributed by atoms with Gasteiger partial charge in [0.2, 0.25) is 0 Å². The average Bonchev–Trinajstić information content (AvgIpc) is 2.58. The number of hydrogen-bond donors (Lipinski definition) is 0. The van der Waals surface area contributed by atoms with Crippen molar-refractivity contribution in [2.45, 2.75) is 31.6 Å². The summed E-state index contributed by atoms with van der Waals surface area (Å²) in [6.45, 7) is 2.10. The number of aromatic nitrogens is 3. The first-order chi connectivity index (χ1) is 6.53. The summed E-state index contributed by atoms with van der Waals surface area (Å²) in [5.41, 5.74) is 0.942. The van der Waals surface area contributed by atoms with Gasteiger partial charge in [0.15, 0.2) is 4.60 Å². The van der Waals surface area contributed by atoms with E-state index in [9.17, 15) is 4.79 Å². The molecule has 4 nitrogen and oxygen atoms in total. The topological polar surface area (TPSA) is 47.8 Å². The molecule has 0 aromatic carbocycles. The molecule has 1 aromatic heterocycles. The number of hydrogen-bond acceptors (Lipinski definition) is 3. The zero-order chi connectivity index (χ0) is 10.3. The lowest BCUT2D eigenvalue weighted by atomic mass is 9.85.